The van der Waals surface area contributed by atoms with Gasteiger partial charge in [0.2, 0.25) is 0 Å². The number of hydrogen-bond acceptors (Lipinski definition) is 5. The quantitative estimate of drug-likeness (QED) is 0.449. The molecule has 7 heteroatoms. The minimum atomic E-state index is -0.580. The second kappa shape index (κ2) is 10.0. The van der Waals surface area contributed by atoms with Crippen molar-refractivity contribution in [3.63, 3.8) is 0 Å². The van der Waals surface area contributed by atoms with Gasteiger partial charge in [0.15, 0.2) is 6.61 Å². The summed E-state index contributed by atoms with van der Waals surface area (Å²) in [7, 11) is 0. The van der Waals surface area contributed by atoms with Crippen molar-refractivity contribution in [2.75, 3.05) is 13.2 Å². The molecule has 0 spiro atoms. The summed E-state index contributed by atoms with van der Waals surface area (Å²) in [4.78, 5) is 29.9. The van der Waals surface area contributed by atoms with E-state index in [1.807, 2.05) is 36.4 Å². The van der Waals surface area contributed by atoms with Gasteiger partial charge in [-0.15, -0.1) is 0 Å². The fourth-order valence-electron chi connectivity index (χ4n) is 3.98. The number of aromatic nitrogens is 1. The number of para-hydroxylation sites is 1. The number of carbonyl (C=O) groups is 2. The van der Waals surface area contributed by atoms with Gasteiger partial charge in [0.25, 0.3) is 5.91 Å². The number of carbonyl (C=O) groups excluding carboxylic acids is 2. The van der Waals surface area contributed by atoms with E-state index in [-0.39, 0.29) is 18.8 Å². The average Bonchev–Trinajstić information content (AvgIpc) is 2.83. The molecular formula is C26H22FN3O3. The molecule has 0 bridgehead atoms. The highest BCUT2D eigenvalue weighted by Gasteiger charge is 2.26. The molecule has 1 aromatic heterocycles. The number of rotatable bonds is 6. The van der Waals surface area contributed by atoms with Crippen molar-refractivity contribution < 1.29 is 18.7 Å². The van der Waals surface area contributed by atoms with Crippen LogP contribution in [0.15, 0.2) is 48.5 Å². The molecule has 33 heavy (non-hydrogen) atoms. The molecule has 6 nitrogen and oxygen atoms in total. The lowest BCUT2D eigenvalue weighted by Gasteiger charge is -2.22. The molecule has 1 amide bonds. The summed E-state index contributed by atoms with van der Waals surface area (Å²) >= 11 is 0. The zero-order valence-electron chi connectivity index (χ0n) is 17.9. The van der Waals surface area contributed by atoms with Gasteiger partial charge >= 0.3 is 5.97 Å². The molecule has 0 saturated heterocycles. The molecule has 1 aliphatic carbocycles. The first kappa shape index (κ1) is 22.2. The van der Waals surface area contributed by atoms with Crippen LogP contribution in [0.3, 0.4) is 0 Å². The van der Waals surface area contributed by atoms with Crippen molar-refractivity contribution in [3.05, 3.63) is 76.7 Å². The van der Waals surface area contributed by atoms with Gasteiger partial charge in [0, 0.05) is 11.9 Å². The second-order valence-electron chi connectivity index (χ2n) is 7.74. The number of nitrogens with zero attached hydrogens (tertiary/aromatic N) is 2. The number of fused-ring (bicyclic) bond motifs is 2. The summed E-state index contributed by atoms with van der Waals surface area (Å²) < 4.78 is 18.6. The molecular weight excluding hydrogens is 421 g/mol. The van der Waals surface area contributed by atoms with E-state index in [9.17, 15) is 14.0 Å². The van der Waals surface area contributed by atoms with Crippen molar-refractivity contribution in [2.45, 2.75) is 25.7 Å². The van der Waals surface area contributed by atoms with E-state index >= 15 is 0 Å². The highest BCUT2D eigenvalue weighted by atomic mass is 19.1. The second-order valence-corrected chi connectivity index (χ2v) is 7.74. The van der Waals surface area contributed by atoms with Gasteiger partial charge in [-0.2, -0.15) is 5.26 Å². The Balaban J connectivity index is 1.70. The van der Waals surface area contributed by atoms with Gasteiger partial charge in [0.05, 0.1) is 29.3 Å². The lowest BCUT2D eigenvalue weighted by molar-refractivity contribution is -0.124. The van der Waals surface area contributed by atoms with Crippen LogP contribution in [-0.2, 0) is 16.0 Å². The molecule has 1 N–H and O–H groups in total. The normalized spacial score (nSPS) is 13.9. The molecule has 0 fully saturated rings. The van der Waals surface area contributed by atoms with Crippen LogP contribution in [0.2, 0.25) is 0 Å². The van der Waals surface area contributed by atoms with E-state index in [1.165, 1.54) is 12.1 Å². The van der Waals surface area contributed by atoms with Crippen molar-refractivity contribution in [1.82, 2.24) is 10.3 Å². The Labute approximate surface area is 190 Å². The number of nitriles is 1. The Kier molecular flexibility index (Phi) is 6.75. The van der Waals surface area contributed by atoms with Crippen LogP contribution >= 0.6 is 0 Å². The monoisotopic (exact) mass is 443 g/mol. The van der Waals surface area contributed by atoms with Crippen LogP contribution in [0.25, 0.3) is 22.6 Å². The fraction of sp³-hybridized carbons (Fsp3) is 0.231. The molecule has 1 heterocycles. The Morgan fingerprint density at radius 1 is 1.15 bits per heavy atom. The first-order valence-electron chi connectivity index (χ1n) is 10.8. The van der Waals surface area contributed by atoms with E-state index in [2.05, 4.69) is 5.32 Å². The van der Waals surface area contributed by atoms with E-state index in [0.29, 0.717) is 22.9 Å². The maximum atomic E-state index is 13.3. The van der Waals surface area contributed by atoms with Gasteiger partial charge in [-0.25, -0.2) is 14.2 Å². The van der Waals surface area contributed by atoms with Crippen LogP contribution in [0.1, 0.15) is 46.4 Å². The molecule has 4 rings (SSSR count). The third kappa shape index (κ3) is 5.07. The van der Waals surface area contributed by atoms with Gasteiger partial charge in [-0.3, -0.25) is 4.79 Å². The molecule has 166 valence electrons. The number of nitrogens with one attached hydrogen (secondary N) is 1. The van der Waals surface area contributed by atoms with Gasteiger partial charge in [0.1, 0.15) is 5.82 Å². The first-order valence-corrected chi connectivity index (χ1v) is 10.8. The maximum Gasteiger partial charge on any atom is 0.339 e. The molecule has 2 aromatic carbocycles. The highest BCUT2D eigenvalue weighted by molar-refractivity contribution is 6.07. The molecule has 1 aliphatic rings. The minimum absolute atomic E-state index is 0.186. The van der Waals surface area contributed by atoms with E-state index in [1.54, 1.807) is 12.1 Å². The molecule has 0 atom stereocenters. The van der Waals surface area contributed by atoms with Crippen LogP contribution in [-0.4, -0.2) is 30.0 Å². The van der Waals surface area contributed by atoms with Crippen molar-refractivity contribution >= 4 is 34.4 Å². The molecule has 0 aliphatic heterocycles. The highest BCUT2D eigenvalue weighted by Crippen LogP contribution is 2.36. The summed E-state index contributed by atoms with van der Waals surface area (Å²) in [5, 5.41) is 11.8. The molecule has 0 radical (unpaired) electrons. The van der Waals surface area contributed by atoms with E-state index < -0.39 is 18.5 Å². The number of hydrogen-bond donors (Lipinski definition) is 1. The zero-order valence-corrected chi connectivity index (χ0v) is 17.9. The number of benzene rings is 2. The summed E-state index contributed by atoms with van der Waals surface area (Å²) in [6.07, 6.45) is 4.43. The summed E-state index contributed by atoms with van der Waals surface area (Å²) in [6, 6.07) is 15.5. The van der Waals surface area contributed by atoms with Crippen LogP contribution in [0, 0.1) is 17.1 Å². The number of ether oxygens (including phenoxy) is 1. The third-order valence-electron chi connectivity index (χ3n) is 5.48. The minimum Gasteiger partial charge on any atom is -0.452 e. The Hall–Kier alpha value is -4.05. The largest absolute Gasteiger partial charge is 0.452 e. The number of allylic oxidation sites excluding steroid dienone is 1. The lowest BCUT2D eigenvalue weighted by Crippen LogP contribution is -2.29. The Morgan fingerprint density at radius 2 is 1.94 bits per heavy atom. The maximum absolute atomic E-state index is 13.3. The van der Waals surface area contributed by atoms with Gasteiger partial charge < -0.3 is 10.1 Å². The van der Waals surface area contributed by atoms with Crippen LogP contribution in [0.4, 0.5) is 4.39 Å². The summed E-state index contributed by atoms with van der Waals surface area (Å²) in [5.74, 6) is -1.34. The van der Waals surface area contributed by atoms with Gasteiger partial charge in [-0.05, 0) is 60.2 Å². The number of halogens is 1. The fourth-order valence-corrected chi connectivity index (χ4v) is 3.98. The molecule has 0 saturated carbocycles. The molecule has 3 aromatic rings. The predicted molar refractivity (Wildman–Crippen MR) is 122 cm³/mol. The van der Waals surface area contributed by atoms with Crippen molar-refractivity contribution in [1.29, 1.82) is 5.26 Å². The molecule has 0 unspecified atom stereocenters. The Morgan fingerprint density at radius 3 is 2.73 bits per heavy atom. The Bertz CT molecular complexity index is 1280. The standard InChI is InChI=1S/C26H22FN3O3/c27-19-11-9-17(10-12-19)15-18-5-3-7-21-24(20-6-1-2-8-22(20)30-25(18)21)26(32)33-16-23(31)29-14-4-13-28/h1-2,6,8-12,15H,3-5,7,14,16H2,(H,29,31). The zero-order chi connectivity index (χ0) is 23.2. The summed E-state index contributed by atoms with van der Waals surface area (Å²) in [5.41, 5.74) is 4.43. The first-order chi connectivity index (χ1) is 16.1. The van der Waals surface area contributed by atoms with Crippen LogP contribution in [0.5, 0.6) is 0 Å². The number of esters is 1. The van der Waals surface area contributed by atoms with E-state index in [4.69, 9.17) is 15.0 Å². The number of pyridine rings is 1. The predicted octanol–water partition coefficient (Wildman–Crippen LogP) is 4.44. The average molecular weight is 443 g/mol. The topological polar surface area (TPSA) is 92.1 Å². The lowest BCUT2D eigenvalue weighted by atomic mass is 9.86. The summed E-state index contributed by atoms with van der Waals surface area (Å²) in [6.45, 7) is -0.216. The third-order valence-corrected chi connectivity index (χ3v) is 5.48. The van der Waals surface area contributed by atoms with Crippen molar-refractivity contribution in [3.8, 4) is 6.07 Å². The number of amides is 1. The van der Waals surface area contributed by atoms with Crippen LogP contribution < -0.4 is 5.32 Å². The SMILES string of the molecule is N#CCCNC(=O)COC(=O)c1c2c(nc3ccccc13)C(=Cc1ccc(F)cc1)CCC2. The van der Waals surface area contributed by atoms with Crippen molar-refractivity contribution in [2.24, 2.45) is 0 Å². The smallest absolute Gasteiger partial charge is 0.339 e. The van der Waals surface area contributed by atoms with E-state index in [0.717, 1.165) is 35.2 Å². The van der Waals surface area contributed by atoms with Gasteiger partial charge in [-0.1, -0.05) is 30.3 Å².